The van der Waals surface area contributed by atoms with E-state index in [0.717, 1.165) is 5.69 Å². The molecule has 21 heavy (non-hydrogen) atoms. The van der Waals surface area contributed by atoms with Crippen LogP contribution in [0.3, 0.4) is 0 Å². The lowest BCUT2D eigenvalue weighted by atomic mass is 10.2. The van der Waals surface area contributed by atoms with Crippen molar-refractivity contribution in [3.05, 3.63) is 29.3 Å². The molecule has 0 saturated carbocycles. The zero-order chi connectivity index (χ0) is 15.6. The third kappa shape index (κ3) is 4.11. The number of halogens is 1. The number of amides is 2. The molecule has 0 aromatic heterocycles. The Balaban J connectivity index is 2.03. The number of ether oxygens (including phenoxy) is 1. The lowest BCUT2D eigenvalue weighted by molar-refractivity contribution is -0.121. The van der Waals surface area contributed by atoms with Crippen LogP contribution in [0.4, 0.5) is 10.5 Å². The summed E-state index contributed by atoms with van der Waals surface area (Å²) in [7, 11) is 0. The molecule has 2 amide bonds. The van der Waals surface area contributed by atoms with Gasteiger partial charge >= 0.3 is 6.09 Å². The third-order valence-electron chi connectivity index (χ3n) is 2.99. The van der Waals surface area contributed by atoms with Gasteiger partial charge in [0.1, 0.15) is 12.1 Å². The van der Waals surface area contributed by atoms with Crippen LogP contribution in [-0.2, 0) is 9.53 Å². The highest BCUT2D eigenvalue weighted by molar-refractivity contribution is 6.30. The van der Waals surface area contributed by atoms with E-state index >= 15 is 0 Å². The molecule has 1 heterocycles. The van der Waals surface area contributed by atoms with Gasteiger partial charge < -0.3 is 9.64 Å². The smallest absolute Gasteiger partial charge is 0.410 e. The second-order valence-corrected chi connectivity index (χ2v) is 6.36. The topological polar surface area (TPSA) is 49.9 Å². The molecule has 2 rings (SSSR count). The number of carbonyl (C=O) groups excluding carboxylic acids is 2. The SMILES string of the molecule is CC(C)(C)OC(=O)N1CCN(c2cccc(Cl)c2)C(=O)C1. The molecule has 0 atom stereocenters. The molecule has 1 saturated heterocycles. The number of carbonyl (C=O) groups is 2. The van der Waals surface area contributed by atoms with Crippen molar-refractivity contribution in [1.82, 2.24) is 4.90 Å². The highest BCUT2D eigenvalue weighted by Crippen LogP contribution is 2.22. The fourth-order valence-electron chi connectivity index (χ4n) is 2.07. The van der Waals surface area contributed by atoms with Gasteiger partial charge in [0.2, 0.25) is 5.91 Å². The normalized spacial score (nSPS) is 16.1. The van der Waals surface area contributed by atoms with Gasteiger partial charge in [0, 0.05) is 23.8 Å². The summed E-state index contributed by atoms with van der Waals surface area (Å²) in [4.78, 5) is 27.2. The quantitative estimate of drug-likeness (QED) is 0.801. The fraction of sp³-hybridized carbons (Fsp3) is 0.467. The molecular formula is C15H19ClN2O3. The molecule has 0 radical (unpaired) electrons. The first-order valence-corrected chi connectivity index (χ1v) is 7.18. The van der Waals surface area contributed by atoms with Crippen LogP contribution < -0.4 is 4.90 Å². The molecule has 114 valence electrons. The van der Waals surface area contributed by atoms with Crippen molar-refractivity contribution in [2.75, 3.05) is 24.5 Å². The van der Waals surface area contributed by atoms with Gasteiger partial charge in [-0.1, -0.05) is 17.7 Å². The summed E-state index contributed by atoms with van der Waals surface area (Å²) < 4.78 is 5.28. The van der Waals surface area contributed by atoms with Gasteiger partial charge in [-0.3, -0.25) is 9.69 Å². The van der Waals surface area contributed by atoms with E-state index in [1.165, 1.54) is 4.90 Å². The van der Waals surface area contributed by atoms with Crippen LogP contribution in [0.2, 0.25) is 5.02 Å². The average Bonchev–Trinajstić information content (AvgIpc) is 2.36. The molecule has 5 nitrogen and oxygen atoms in total. The van der Waals surface area contributed by atoms with E-state index in [0.29, 0.717) is 18.1 Å². The Morgan fingerprint density at radius 2 is 2.00 bits per heavy atom. The first-order chi connectivity index (χ1) is 9.76. The minimum Gasteiger partial charge on any atom is -0.444 e. The predicted molar refractivity (Wildman–Crippen MR) is 81.6 cm³/mol. The van der Waals surface area contributed by atoms with Crippen molar-refractivity contribution in [3.63, 3.8) is 0 Å². The second-order valence-electron chi connectivity index (χ2n) is 5.93. The van der Waals surface area contributed by atoms with Crippen molar-refractivity contribution in [2.24, 2.45) is 0 Å². The van der Waals surface area contributed by atoms with Crippen molar-refractivity contribution >= 4 is 29.3 Å². The lowest BCUT2D eigenvalue weighted by Gasteiger charge is -2.35. The minimum absolute atomic E-state index is 0.0153. The van der Waals surface area contributed by atoms with Crippen molar-refractivity contribution in [3.8, 4) is 0 Å². The van der Waals surface area contributed by atoms with Gasteiger partial charge in [-0.25, -0.2) is 4.79 Å². The van der Waals surface area contributed by atoms with E-state index in [1.807, 2.05) is 6.07 Å². The molecule has 0 N–H and O–H groups in total. The van der Waals surface area contributed by atoms with E-state index in [1.54, 1.807) is 43.9 Å². The molecule has 6 heteroatoms. The maximum atomic E-state index is 12.2. The summed E-state index contributed by atoms with van der Waals surface area (Å²) in [5.74, 6) is -0.144. The Morgan fingerprint density at radius 1 is 1.29 bits per heavy atom. The van der Waals surface area contributed by atoms with Crippen LogP contribution >= 0.6 is 11.6 Å². The van der Waals surface area contributed by atoms with Gasteiger partial charge in [0.25, 0.3) is 0 Å². The number of benzene rings is 1. The summed E-state index contributed by atoms with van der Waals surface area (Å²) in [6.07, 6.45) is -0.457. The molecule has 0 bridgehead atoms. The number of rotatable bonds is 1. The van der Waals surface area contributed by atoms with E-state index in [2.05, 4.69) is 0 Å². The number of piperazine rings is 1. The molecule has 0 spiro atoms. The van der Waals surface area contributed by atoms with Crippen LogP contribution in [-0.4, -0.2) is 42.1 Å². The fourth-order valence-corrected chi connectivity index (χ4v) is 2.26. The number of hydrogen-bond donors (Lipinski definition) is 0. The first kappa shape index (κ1) is 15.6. The van der Waals surface area contributed by atoms with E-state index < -0.39 is 11.7 Å². The molecule has 0 unspecified atom stereocenters. The minimum atomic E-state index is -0.565. The van der Waals surface area contributed by atoms with Crippen LogP contribution in [0.5, 0.6) is 0 Å². The largest absolute Gasteiger partial charge is 0.444 e. The first-order valence-electron chi connectivity index (χ1n) is 6.80. The predicted octanol–water partition coefficient (Wildman–Crippen LogP) is 2.92. The molecule has 1 fully saturated rings. The summed E-state index contributed by atoms with van der Waals surface area (Å²) in [6.45, 7) is 6.28. The van der Waals surface area contributed by atoms with Crippen LogP contribution in [0.15, 0.2) is 24.3 Å². The number of anilines is 1. The van der Waals surface area contributed by atoms with Crippen molar-refractivity contribution in [2.45, 2.75) is 26.4 Å². The monoisotopic (exact) mass is 310 g/mol. The molecule has 0 aliphatic carbocycles. The number of nitrogens with zero attached hydrogens (tertiary/aromatic N) is 2. The van der Waals surface area contributed by atoms with E-state index in [9.17, 15) is 9.59 Å². The van der Waals surface area contributed by atoms with E-state index in [4.69, 9.17) is 16.3 Å². The van der Waals surface area contributed by atoms with Crippen molar-refractivity contribution < 1.29 is 14.3 Å². The van der Waals surface area contributed by atoms with Gasteiger partial charge in [0.15, 0.2) is 0 Å². The van der Waals surface area contributed by atoms with Gasteiger partial charge in [-0.15, -0.1) is 0 Å². The van der Waals surface area contributed by atoms with E-state index in [-0.39, 0.29) is 12.5 Å². The third-order valence-corrected chi connectivity index (χ3v) is 3.23. The summed E-state index contributed by atoms with van der Waals surface area (Å²) in [6, 6.07) is 7.12. The molecular weight excluding hydrogens is 292 g/mol. The standard InChI is InChI=1S/C15H19ClN2O3/c1-15(2,3)21-14(20)17-7-8-18(13(19)10-17)12-6-4-5-11(16)9-12/h4-6,9H,7-8,10H2,1-3H3. The Bertz CT molecular complexity index is 554. The summed E-state index contributed by atoms with van der Waals surface area (Å²) >= 11 is 5.94. The second kappa shape index (κ2) is 5.93. The van der Waals surface area contributed by atoms with Crippen molar-refractivity contribution in [1.29, 1.82) is 0 Å². The summed E-state index contributed by atoms with van der Waals surface area (Å²) in [5.41, 5.74) is 0.181. The zero-order valence-corrected chi connectivity index (χ0v) is 13.2. The van der Waals surface area contributed by atoms with Crippen LogP contribution in [0, 0.1) is 0 Å². The van der Waals surface area contributed by atoms with Gasteiger partial charge in [-0.05, 0) is 39.0 Å². The highest BCUT2D eigenvalue weighted by Gasteiger charge is 2.30. The average molecular weight is 311 g/mol. The molecule has 1 aromatic carbocycles. The lowest BCUT2D eigenvalue weighted by Crippen LogP contribution is -2.53. The Hall–Kier alpha value is -1.75. The van der Waals surface area contributed by atoms with Crippen LogP contribution in [0.25, 0.3) is 0 Å². The Kier molecular flexibility index (Phi) is 4.42. The Labute approximate surface area is 129 Å². The van der Waals surface area contributed by atoms with Gasteiger partial charge in [0.05, 0.1) is 0 Å². The zero-order valence-electron chi connectivity index (χ0n) is 12.4. The highest BCUT2D eigenvalue weighted by atomic mass is 35.5. The Morgan fingerprint density at radius 3 is 2.57 bits per heavy atom. The maximum Gasteiger partial charge on any atom is 0.410 e. The maximum absolute atomic E-state index is 12.2. The number of hydrogen-bond acceptors (Lipinski definition) is 3. The molecule has 1 aliphatic rings. The molecule has 1 aromatic rings. The molecule has 1 aliphatic heterocycles. The summed E-state index contributed by atoms with van der Waals surface area (Å²) in [5, 5.41) is 0.579. The van der Waals surface area contributed by atoms with Gasteiger partial charge in [-0.2, -0.15) is 0 Å². The van der Waals surface area contributed by atoms with Crippen LogP contribution in [0.1, 0.15) is 20.8 Å².